The monoisotopic (exact) mass is 675 g/mol. The van der Waals surface area contributed by atoms with Crippen LogP contribution in [0, 0.1) is 0 Å². The number of hydrogen-bond donors (Lipinski definition) is 0. The Morgan fingerprint density at radius 3 is 1.70 bits per heavy atom. The highest BCUT2D eigenvalue weighted by Crippen LogP contribution is 2.38. The minimum Gasteiger partial charge on any atom is -0.756 e. The van der Waals surface area contributed by atoms with Gasteiger partial charge in [0.05, 0.1) is 27.7 Å². The summed E-state index contributed by atoms with van der Waals surface area (Å²) in [4.78, 5) is 37.1. The minimum atomic E-state index is -4.61. The largest absolute Gasteiger partial charge is 0.756 e. The van der Waals surface area contributed by atoms with Gasteiger partial charge in [-0.05, 0) is 25.7 Å². The molecule has 0 aliphatic rings. The maximum Gasteiger partial charge on any atom is 0.306 e. The smallest absolute Gasteiger partial charge is 0.306 e. The van der Waals surface area contributed by atoms with E-state index < -0.39 is 32.5 Å². The maximum atomic E-state index is 12.5. The standard InChI is InChI=1S/C36H70NO8P/c1-6-8-10-12-14-15-16-17-18-19-20-21-23-24-26-28-35(38)42-32-34(33-44-46(40,41)43-31-30-37(3,4)5)45-36(39)29-27-25-22-13-11-9-7-2/h23-24,34H,6-22,25-33H2,1-5H3/b24-23+/t34-/m0/s1. The average molecular weight is 676 g/mol. The van der Waals surface area contributed by atoms with Gasteiger partial charge in [0.25, 0.3) is 7.82 Å². The molecule has 46 heavy (non-hydrogen) atoms. The van der Waals surface area contributed by atoms with Gasteiger partial charge < -0.3 is 27.9 Å². The molecule has 0 amide bonds. The van der Waals surface area contributed by atoms with Crippen molar-refractivity contribution < 1.29 is 42.1 Å². The van der Waals surface area contributed by atoms with E-state index in [0.717, 1.165) is 32.1 Å². The van der Waals surface area contributed by atoms with Gasteiger partial charge in [-0.25, -0.2) is 0 Å². The van der Waals surface area contributed by atoms with Crippen molar-refractivity contribution in [2.75, 3.05) is 47.5 Å². The van der Waals surface area contributed by atoms with Crippen molar-refractivity contribution in [2.24, 2.45) is 0 Å². The summed E-state index contributed by atoms with van der Waals surface area (Å²) in [5, 5.41) is 0. The second kappa shape index (κ2) is 29.9. The Kier molecular flexibility index (Phi) is 29.0. The lowest BCUT2D eigenvalue weighted by molar-refractivity contribution is -0.870. The molecule has 0 saturated heterocycles. The van der Waals surface area contributed by atoms with Crippen LogP contribution in [0.3, 0.4) is 0 Å². The Morgan fingerprint density at radius 2 is 1.15 bits per heavy atom. The summed E-state index contributed by atoms with van der Waals surface area (Å²) in [6.07, 6.45) is 27.0. The molecule has 272 valence electrons. The molecule has 0 aromatic rings. The van der Waals surface area contributed by atoms with Crippen LogP contribution in [0.1, 0.15) is 155 Å². The fraction of sp³-hybridized carbons (Fsp3) is 0.889. The number of unbranched alkanes of at least 4 members (excludes halogenated alkanes) is 17. The molecule has 0 heterocycles. The van der Waals surface area contributed by atoms with E-state index in [1.165, 1.54) is 83.5 Å². The molecule has 0 aromatic heterocycles. The van der Waals surface area contributed by atoms with Crippen LogP contribution < -0.4 is 4.89 Å². The first-order valence-corrected chi connectivity index (χ1v) is 19.9. The van der Waals surface area contributed by atoms with Gasteiger partial charge in [0.15, 0.2) is 6.10 Å². The number of ether oxygens (including phenoxy) is 2. The number of esters is 2. The number of carbonyl (C=O) groups is 2. The van der Waals surface area contributed by atoms with Crippen molar-refractivity contribution in [2.45, 2.75) is 161 Å². The normalized spacial score (nSPS) is 14.0. The predicted molar refractivity (Wildman–Crippen MR) is 185 cm³/mol. The van der Waals surface area contributed by atoms with E-state index in [-0.39, 0.29) is 26.1 Å². The molecule has 9 nitrogen and oxygen atoms in total. The molecule has 2 atom stereocenters. The lowest BCUT2D eigenvalue weighted by atomic mass is 10.1. The van der Waals surface area contributed by atoms with Crippen LogP contribution in [0.25, 0.3) is 0 Å². The first-order valence-electron chi connectivity index (χ1n) is 18.4. The number of phosphoric acid groups is 1. The van der Waals surface area contributed by atoms with Gasteiger partial charge in [-0.15, -0.1) is 0 Å². The van der Waals surface area contributed by atoms with Gasteiger partial charge in [-0.2, -0.15) is 0 Å². The summed E-state index contributed by atoms with van der Waals surface area (Å²) in [5.74, 6) is -0.896. The van der Waals surface area contributed by atoms with E-state index in [1.54, 1.807) is 0 Å². The Morgan fingerprint density at radius 1 is 0.652 bits per heavy atom. The third-order valence-electron chi connectivity index (χ3n) is 7.80. The topological polar surface area (TPSA) is 111 Å². The van der Waals surface area contributed by atoms with Crippen LogP contribution in [-0.4, -0.2) is 70.0 Å². The van der Waals surface area contributed by atoms with Crippen molar-refractivity contribution in [1.82, 2.24) is 0 Å². The molecule has 0 N–H and O–H groups in total. The number of allylic oxidation sites excluding steroid dienone is 2. The quantitative estimate of drug-likeness (QED) is 0.0223. The first-order chi connectivity index (χ1) is 22.0. The van der Waals surface area contributed by atoms with Crippen LogP contribution in [0.4, 0.5) is 0 Å². The average Bonchev–Trinajstić information content (AvgIpc) is 2.99. The molecule has 0 saturated carbocycles. The highest BCUT2D eigenvalue weighted by Gasteiger charge is 2.21. The highest BCUT2D eigenvalue weighted by molar-refractivity contribution is 7.45. The summed E-state index contributed by atoms with van der Waals surface area (Å²) in [7, 11) is 1.15. The Hall–Kier alpha value is -1.25. The fourth-order valence-corrected chi connectivity index (χ4v) is 5.58. The summed E-state index contributed by atoms with van der Waals surface area (Å²) in [6.45, 7) is 4.12. The zero-order valence-electron chi connectivity index (χ0n) is 30.3. The maximum absolute atomic E-state index is 12.5. The summed E-state index contributed by atoms with van der Waals surface area (Å²) < 4.78 is 33.5. The molecule has 0 aromatic carbocycles. The van der Waals surface area contributed by atoms with Crippen LogP contribution in [0.5, 0.6) is 0 Å². The van der Waals surface area contributed by atoms with E-state index in [2.05, 4.69) is 19.9 Å². The molecule has 0 fully saturated rings. The van der Waals surface area contributed by atoms with E-state index in [1.807, 2.05) is 27.2 Å². The van der Waals surface area contributed by atoms with E-state index in [4.69, 9.17) is 18.5 Å². The van der Waals surface area contributed by atoms with Crippen molar-refractivity contribution >= 4 is 19.8 Å². The molecular weight excluding hydrogens is 605 g/mol. The summed E-state index contributed by atoms with van der Waals surface area (Å²) >= 11 is 0. The third kappa shape index (κ3) is 32.7. The lowest BCUT2D eigenvalue weighted by Crippen LogP contribution is -2.37. The van der Waals surface area contributed by atoms with Crippen LogP contribution in [0.2, 0.25) is 0 Å². The number of phosphoric ester groups is 1. The summed E-state index contributed by atoms with van der Waals surface area (Å²) in [5.41, 5.74) is 0. The second-order valence-corrected chi connectivity index (χ2v) is 15.0. The minimum absolute atomic E-state index is 0.0330. The van der Waals surface area contributed by atoms with E-state index in [0.29, 0.717) is 23.9 Å². The van der Waals surface area contributed by atoms with Crippen molar-refractivity contribution in [3.05, 3.63) is 12.2 Å². The number of rotatable bonds is 33. The molecule has 0 radical (unpaired) electrons. The molecule has 10 heteroatoms. The zero-order chi connectivity index (χ0) is 34.4. The Balaban J connectivity index is 4.40. The number of nitrogens with zero attached hydrogens (tertiary/aromatic N) is 1. The van der Waals surface area contributed by atoms with Gasteiger partial charge in [0.2, 0.25) is 0 Å². The van der Waals surface area contributed by atoms with Crippen LogP contribution >= 0.6 is 7.82 Å². The van der Waals surface area contributed by atoms with Crippen LogP contribution in [-0.2, 0) is 32.7 Å². The van der Waals surface area contributed by atoms with Crippen molar-refractivity contribution in [3.63, 3.8) is 0 Å². The SMILES string of the molecule is CCCCCCCCCCCCC/C=C/CCC(=O)OC[C@@H](COP(=O)([O-])OCC[N+](C)(C)C)OC(=O)CCCCCCCCC. The van der Waals surface area contributed by atoms with Gasteiger partial charge in [0, 0.05) is 12.8 Å². The zero-order valence-corrected chi connectivity index (χ0v) is 31.2. The highest BCUT2D eigenvalue weighted by atomic mass is 31.2. The second-order valence-electron chi connectivity index (χ2n) is 13.6. The molecule has 0 aliphatic carbocycles. The molecule has 0 bridgehead atoms. The number of quaternary nitrogens is 1. The lowest BCUT2D eigenvalue weighted by Gasteiger charge is -2.28. The van der Waals surface area contributed by atoms with E-state index >= 15 is 0 Å². The van der Waals surface area contributed by atoms with Crippen molar-refractivity contribution in [3.8, 4) is 0 Å². The third-order valence-corrected chi connectivity index (χ3v) is 8.76. The Bertz CT molecular complexity index is 814. The van der Waals surface area contributed by atoms with E-state index in [9.17, 15) is 19.0 Å². The number of carbonyl (C=O) groups excluding carboxylic acids is 2. The molecular formula is C36H70NO8P. The molecule has 0 rings (SSSR count). The Labute approximate surface area is 282 Å². The van der Waals surface area contributed by atoms with Gasteiger partial charge in [0.1, 0.15) is 19.8 Å². The summed E-state index contributed by atoms with van der Waals surface area (Å²) in [6, 6.07) is 0. The van der Waals surface area contributed by atoms with Crippen molar-refractivity contribution in [1.29, 1.82) is 0 Å². The molecule has 0 spiro atoms. The molecule has 1 unspecified atom stereocenters. The molecule has 0 aliphatic heterocycles. The number of likely N-dealkylation sites (N-methyl/N-ethyl adjacent to an activating group) is 1. The fourth-order valence-electron chi connectivity index (χ4n) is 4.85. The first kappa shape index (κ1) is 44.8. The number of hydrogen-bond acceptors (Lipinski definition) is 8. The van der Waals surface area contributed by atoms with Crippen LogP contribution in [0.15, 0.2) is 12.2 Å². The van der Waals surface area contributed by atoms with Gasteiger partial charge in [-0.1, -0.05) is 129 Å². The predicted octanol–water partition coefficient (Wildman–Crippen LogP) is 8.83. The van der Waals surface area contributed by atoms with Gasteiger partial charge >= 0.3 is 11.9 Å². The van der Waals surface area contributed by atoms with Gasteiger partial charge in [-0.3, -0.25) is 14.2 Å².